The first-order valence-corrected chi connectivity index (χ1v) is 5.05. The molecule has 1 heterocycles. The number of nitrogens with one attached hydrogen (secondary N) is 1. The summed E-state index contributed by atoms with van der Waals surface area (Å²) in [5.74, 6) is 0.638. The van der Waals surface area contributed by atoms with Gasteiger partial charge in [0.1, 0.15) is 0 Å². The fourth-order valence-electron chi connectivity index (χ4n) is 1.60. The van der Waals surface area contributed by atoms with E-state index >= 15 is 0 Å². The molecule has 0 aliphatic carbocycles. The SMILES string of the molecule is [CH2]COC1CNCC(C(C)S)C1. The number of thiol groups is 1. The van der Waals surface area contributed by atoms with Crippen LogP contribution in [-0.2, 0) is 4.74 Å². The number of piperidine rings is 1. The molecular formula is C9H18NOS. The first kappa shape index (κ1) is 10.4. The van der Waals surface area contributed by atoms with Gasteiger partial charge >= 0.3 is 0 Å². The zero-order valence-corrected chi connectivity index (χ0v) is 8.52. The fraction of sp³-hybridized carbons (Fsp3) is 0.889. The predicted octanol–water partition coefficient (Wildman–Crippen LogP) is 1.13. The number of hydrogen-bond donors (Lipinski definition) is 2. The third kappa shape index (κ3) is 2.96. The van der Waals surface area contributed by atoms with Gasteiger partial charge in [-0.15, -0.1) is 0 Å². The van der Waals surface area contributed by atoms with Gasteiger partial charge in [-0.05, 0) is 25.8 Å². The van der Waals surface area contributed by atoms with Crippen LogP contribution in [0, 0.1) is 12.8 Å². The van der Waals surface area contributed by atoms with Crippen LogP contribution in [0.1, 0.15) is 13.3 Å². The molecule has 2 nitrogen and oxygen atoms in total. The van der Waals surface area contributed by atoms with Gasteiger partial charge in [0, 0.05) is 18.4 Å². The Bertz CT molecular complexity index is 128. The Kier molecular flexibility index (Phi) is 4.40. The molecule has 0 bridgehead atoms. The molecule has 1 saturated heterocycles. The summed E-state index contributed by atoms with van der Waals surface area (Å²) in [5.41, 5.74) is 0. The first-order valence-electron chi connectivity index (χ1n) is 4.53. The Hall–Kier alpha value is 0.270. The lowest BCUT2D eigenvalue weighted by atomic mass is 9.95. The normalized spacial score (nSPS) is 33.2. The van der Waals surface area contributed by atoms with Crippen LogP contribution >= 0.6 is 12.6 Å². The van der Waals surface area contributed by atoms with Crippen molar-refractivity contribution in [3.05, 3.63) is 6.92 Å². The smallest absolute Gasteiger partial charge is 0.0702 e. The minimum Gasteiger partial charge on any atom is -0.377 e. The zero-order valence-electron chi connectivity index (χ0n) is 7.62. The Morgan fingerprint density at radius 1 is 1.67 bits per heavy atom. The van der Waals surface area contributed by atoms with E-state index in [1.807, 2.05) is 0 Å². The summed E-state index contributed by atoms with van der Waals surface area (Å²) in [6.07, 6.45) is 1.46. The Morgan fingerprint density at radius 2 is 2.42 bits per heavy atom. The van der Waals surface area contributed by atoms with Gasteiger partial charge in [-0.3, -0.25) is 0 Å². The fourth-order valence-corrected chi connectivity index (χ4v) is 1.82. The predicted molar refractivity (Wildman–Crippen MR) is 54.5 cm³/mol. The minimum atomic E-state index is 0.343. The molecule has 0 spiro atoms. The lowest BCUT2D eigenvalue weighted by Crippen LogP contribution is -2.43. The van der Waals surface area contributed by atoms with E-state index in [-0.39, 0.29) is 0 Å². The molecule has 1 N–H and O–H groups in total. The molecule has 1 aliphatic rings. The van der Waals surface area contributed by atoms with Crippen molar-refractivity contribution in [2.45, 2.75) is 24.7 Å². The standard InChI is InChI=1S/C9H18NOS/c1-3-11-9-4-8(7(2)12)5-10-6-9/h7-10,12H,1,3-6H2,2H3. The van der Waals surface area contributed by atoms with Gasteiger partial charge < -0.3 is 10.1 Å². The van der Waals surface area contributed by atoms with E-state index in [4.69, 9.17) is 4.74 Å². The van der Waals surface area contributed by atoms with Crippen LogP contribution in [0.5, 0.6) is 0 Å². The van der Waals surface area contributed by atoms with E-state index in [1.165, 1.54) is 0 Å². The van der Waals surface area contributed by atoms with Crippen molar-refractivity contribution in [1.29, 1.82) is 0 Å². The molecule has 1 radical (unpaired) electrons. The molecule has 0 aromatic heterocycles. The van der Waals surface area contributed by atoms with E-state index in [9.17, 15) is 0 Å². The summed E-state index contributed by atoms with van der Waals surface area (Å²) >= 11 is 4.44. The highest BCUT2D eigenvalue weighted by Gasteiger charge is 2.24. The maximum atomic E-state index is 5.46. The van der Waals surface area contributed by atoms with Crippen molar-refractivity contribution in [2.75, 3.05) is 19.7 Å². The van der Waals surface area contributed by atoms with Gasteiger partial charge in [-0.2, -0.15) is 12.6 Å². The molecule has 3 heteroatoms. The Labute approximate surface area is 80.5 Å². The molecule has 3 unspecified atom stereocenters. The summed E-state index contributed by atoms with van der Waals surface area (Å²) in [4.78, 5) is 0. The molecule has 71 valence electrons. The number of ether oxygens (including phenoxy) is 1. The van der Waals surface area contributed by atoms with E-state index < -0.39 is 0 Å². The second-order valence-corrected chi connectivity index (χ2v) is 4.20. The van der Waals surface area contributed by atoms with E-state index in [1.54, 1.807) is 0 Å². The molecule has 1 rings (SSSR count). The van der Waals surface area contributed by atoms with Crippen molar-refractivity contribution >= 4 is 12.6 Å². The minimum absolute atomic E-state index is 0.343. The third-order valence-corrected chi connectivity index (χ3v) is 2.80. The molecule has 0 saturated carbocycles. The molecular weight excluding hydrogens is 170 g/mol. The van der Waals surface area contributed by atoms with Crippen LogP contribution in [-0.4, -0.2) is 31.1 Å². The van der Waals surface area contributed by atoms with E-state index in [0.29, 0.717) is 23.9 Å². The van der Waals surface area contributed by atoms with E-state index in [2.05, 4.69) is 31.8 Å². The lowest BCUT2D eigenvalue weighted by Gasteiger charge is -2.31. The largest absolute Gasteiger partial charge is 0.377 e. The van der Waals surface area contributed by atoms with Gasteiger partial charge in [0.05, 0.1) is 6.10 Å². The summed E-state index contributed by atoms with van der Waals surface area (Å²) < 4.78 is 5.46. The molecule has 0 aromatic rings. The van der Waals surface area contributed by atoms with Crippen LogP contribution in [0.25, 0.3) is 0 Å². The summed E-state index contributed by atoms with van der Waals surface area (Å²) in [6.45, 7) is 8.43. The quantitative estimate of drug-likeness (QED) is 0.648. The van der Waals surface area contributed by atoms with Crippen molar-refractivity contribution in [3.63, 3.8) is 0 Å². The second kappa shape index (κ2) is 5.10. The van der Waals surface area contributed by atoms with Gasteiger partial charge in [-0.25, -0.2) is 0 Å². The topological polar surface area (TPSA) is 21.3 Å². The Morgan fingerprint density at radius 3 is 3.00 bits per heavy atom. The average Bonchev–Trinajstić information content (AvgIpc) is 2.05. The average molecular weight is 188 g/mol. The zero-order chi connectivity index (χ0) is 8.97. The van der Waals surface area contributed by atoms with Crippen molar-refractivity contribution in [3.8, 4) is 0 Å². The van der Waals surface area contributed by atoms with Crippen molar-refractivity contribution < 1.29 is 4.74 Å². The highest BCUT2D eigenvalue weighted by Crippen LogP contribution is 2.19. The molecule has 12 heavy (non-hydrogen) atoms. The van der Waals surface area contributed by atoms with Crippen LogP contribution in [0.15, 0.2) is 0 Å². The third-order valence-electron chi connectivity index (χ3n) is 2.38. The van der Waals surface area contributed by atoms with Gasteiger partial charge in [0.15, 0.2) is 0 Å². The summed E-state index contributed by atoms with van der Waals surface area (Å²) in [7, 11) is 0. The van der Waals surface area contributed by atoms with Gasteiger partial charge in [-0.1, -0.05) is 6.92 Å². The first-order chi connectivity index (χ1) is 5.74. The molecule has 1 fully saturated rings. The van der Waals surface area contributed by atoms with Gasteiger partial charge in [0.2, 0.25) is 0 Å². The summed E-state index contributed by atoms with van der Waals surface area (Å²) in [5, 5.41) is 3.80. The molecule has 0 aromatic carbocycles. The number of hydrogen-bond acceptors (Lipinski definition) is 3. The van der Waals surface area contributed by atoms with Crippen LogP contribution in [0.2, 0.25) is 0 Å². The second-order valence-electron chi connectivity index (χ2n) is 3.39. The molecule has 3 atom stereocenters. The highest BCUT2D eigenvalue weighted by molar-refractivity contribution is 7.80. The van der Waals surface area contributed by atoms with Gasteiger partial charge in [0.25, 0.3) is 0 Å². The molecule has 1 aliphatic heterocycles. The maximum Gasteiger partial charge on any atom is 0.0702 e. The van der Waals surface area contributed by atoms with Crippen molar-refractivity contribution in [2.24, 2.45) is 5.92 Å². The van der Waals surface area contributed by atoms with Crippen molar-refractivity contribution in [1.82, 2.24) is 5.32 Å². The highest BCUT2D eigenvalue weighted by atomic mass is 32.1. The van der Waals surface area contributed by atoms with Crippen LogP contribution < -0.4 is 5.32 Å². The monoisotopic (exact) mass is 188 g/mol. The van der Waals surface area contributed by atoms with Crippen LogP contribution in [0.4, 0.5) is 0 Å². The van der Waals surface area contributed by atoms with Crippen LogP contribution in [0.3, 0.4) is 0 Å². The maximum absolute atomic E-state index is 5.46. The number of rotatable bonds is 3. The Balaban J connectivity index is 2.30. The summed E-state index contributed by atoms with van der Waals surface area (Å²) in [6, 6.07) is 0. The van der Waals surface area contributed by atoms with E-state index in [0.717, 1.165) is 19.5 Å². The lowest BCUT2D eigenvalue weighted by molar-refractivity contribution is 0.0387. The molecule has 0 amide bonds.